The Labute approximate surface area is 190 Å². The lowest BCUT2D eigenvalue weighted by molar-refractivity contribution is -0.128. The van der Waals surface area contributed by atoms with Crippen molar-refractivity contribution < 1.29 is 9.32 Å². The van der Waals surface area contributed by atoms with E-state index in [-0.39, 0.29) is 5.91 Å². The number of amides is 1. The Hall–Kier alpha value is -2.87. The minimum atomic E-state index is 0.265. The van der Waals surface area contributed by atoms with Crippen LogP contribution in [0.3, 0.4) is 0 Å². The Morgan fingerprint density at radius 3 is 2.62 bits per heavy atom. The van der Waals surface area contributed by atoms with E-state index in [1.54, 1.807) is 0 Å². The van der Waals surface area contributed by atoms with Gasteiger partial charge in [-0.3, -0.25) is 9.69 Å². The fourth-order valence-corrected chi connectivity index (χ4v) is 4.35. The third-order valence-electron chi connectivity index (χ3n) is 6.02. The van der Waals surface area contributed by atoms with Crippen LogP contribution in [0.4, 0.5) is 0 Å². The highest BCUT2D eigenvalue weighted by molar-refractivity contribution is 5.80. The number of carbonyl (C=O) groups is 1. The molecule has 0 unspecified atom stereocenters. The van der Waals surface area contributed by atoms with Gasteiger partial charge in [0, 0.05) is 64.8 Å². The molecule has 8 nitrogen and oxygen atoms in total. The molecule has 1 N–H and O–H groups in total. The van der Waals surface area contributed by atoms with Gasteiger partial charge in [-0.1, -0.05) is 29.4 Å². The molecule has 172 valence electrons. The number of hydrogen-bond donors (Lipinski definition) is 1. The van der Waals surface area contributed by atoms with Crippen LogP contribution in [0.1, 0.15) is 42.3 Å². The summed E-state index contributed by atoms with van der Waals surface area (Å²) in [6, 6.07) is 10.5. The first-order valence-electron chi connectivity index (χ1n) is 11.6. The third kappa shape index (κ3) is 5.88. The normalized spacial score (nSPS) is 17.9. The molecule has 0 saturated carbocycles. The van der Waals surface area contributed by atoms with Crippen molar-refractivity contribution in [1.29, 1.82) is 0 Å². The number of aliphatic imine (C=N–C) groups is 1. The average Bonchev–Trinajstić information content (AvgIpc) is 3.39. The summed E-state index contributed by atoms with van der Waals surface area (Å²) < 4.78 is 5.19. The predicted molar refractivity (Wildman–Crippen MR) is 124 cm³/mol. The van der Waals surface area contributed by atoms with E-state index in [0.29, 0.717) is 19.5 Å². The van der Waals surface area contributed by atoms with Crippen molar-refractivity contribution >= 4 is 11.9 Å². The molecule has 4 rings (SSSR count). The number of aryl methyl sites for hydroxylation is 1. The molecule has 0 bridgehead atoms. The van der Waals surface area contributed by atoms with E-state index in [1.165, 1.54) is 11.1 Å². The van der Waals surface area contributed by atoms with Gasteiger partial charge in [-0.15, -0.1) is 0 Å². The molecular weight excluding hydrogens is 404 g/mol. The first-order valence-corrected chi connectivity index (χ1v) is 11.6. The number of piperazine rings is 1. The van der Waals surface area contributed by atoms with Crippen LogP contribution in [0.15, 0.2) is 39.8 Å². The number of aromatic nitrogens is 1. The van der Waals surface area contributed by atoms with Gasteiger partial charge in [0.15, 0.2) is 5.96 Å². The molecular formula is C24H34N6O2. The van der Waals surface area contributed by atoms with Gasteiger partial charge in [0.25, 0.3) is 0 Å². The van der Waals surface area contributed by atoms with Gasteiger partial charge in [0.05, 0.1) is 12.2 Å². The van der Waals surface area contributed by atoms with Gasteiger partial charge < -0.3 is 19.6 Å². The average molecular weight is 439 g/mol. The summed E-state index contributed by atoms with van der Waals surface area (Å²) in [4.78, 5) is 23.5. The highest BCUT2D eigenvalue weighted by Gasteiger charge is 2.21. The number of hydrogen-bond acceptors (Lipinski definition) is 5. The third-order valence-corrected chi connectivity index (χ3v) is 6.02. The molecule has 2 saturated heterocycles. The maximum Gasteiger partial charge on any atom is 0.222 e. The largest absolute Gasteiger partial charge is 0.361 e. The summed E-state index contributed by atoms with van der Waals surface area (Å²) >= 11 is 0. The second-order valence-electron chi connectivity index (χ2n) is 8.60. The fourth-order valence-electron chi connectivity index (χ4n) is 4.35. The highest BCUT2D eigenvalue weighted by Crippen LogP contribution is 2.16. The van der Waals surface area contributed by atoms with Crippen molar-refractivity contribution in [3.05, 3.63) is 52.9 Å². The highest BCUT2D eigenvalue weighted by atomic mass is 16.5. The van der Waals surface area contributed by atoms with Crippen LogP contribution in [-0.2, 0) is 24.4 Å². The first kappa shape index (κ1) is 22.3. The molecule has 2 aliphatic heterocycles. The van der Waals surface area contributed by atoms with Crippen LogP contribution >= 0.6 is 0 Å². The second kappa shape index (κ2) is 10.6. The van der Waals surface area contributed by atoms with Gasteiger partial charge >= 0.3 is 0 Å². The zero-order valence-electron chi connectivity index (χ0n) is 19.2. The van der Waals surface area contributed by atoms with Crippen LogP contribution in [0, 0.1) is 6.92 Å². The number of rotatable bonds is 7. The molecule has 0 spiro atoms. The molecule has 1 aromatic heterocycles. The van der Waals surface area contributed by atoms with Gasteiger partial charge in [0.1, 0.15) is 5.76 Å². The van der Waals surface area contributed by atoms with Crippen molar-refractivity contribution in [2.45, 2.75) is 46.3 Å². The summed E-state index contributed by atoms with van der Waals surface area (Å²) in [7, 11) is 0. The van der Waals surface area contributed by atoms with Gasteiger partial charge in [-0.05, 0) is 31.4 Å². The molecule has 3 heterocycles. The fraction of sp³-hybridized carbons (Fsp3) is 0.542. The zero-order valence-corrected chi connectivity index (χ0v) is 19.2. The summed E-state index contributed by atoms with van der Waals surface area (Å²) in [5.74, 6) is 2.08. The monoisotopic (exact) mass is 438 g/mol. The topological polar surface area (TPSA) is 77.2 Å². The molecule has 1 aromatic carbocycles. The van der Waals surface area contributed by atoms with Gasteiger partial charge in [-0.2, -0.15) is 0 Å². The maximum atomic E-state index is 11.9. The van der Waals surface area contributed by atoms with E-state index in [2.05, 4.69) is 51.5 Å². The van der Waals surface area contributed by atoms with Crippen molar-refractivity contribution in [3.8, 4) is 0 Å². The molecule has 8 heteroatoms. The van der Waals surface area contributed by atoms with Crippen LogP contribution in [0.25, 0.3) is 0 Å². The summed E-state index contributed by atoms with van der Waals surface area (Å²) in [6.45, 7) is 11.7. The number of carbonyl (C=O) groups excluding carboxylic acids is 1. The van der Waals surface area contributed by atoms with Gasteiger partial charge in [0.2, 0.25) is 5.91 Å². The van der Waals surface area contributed by atoms with Crippen molar-refractivity contribution in [2.24, 2.45) is 4.99 Å². The number of benzene rings is 1. The minimum Gasteiger partial charge on any atom is -0.361 e. The minimum absolute atomic E-state index is 0.265. The summed E-state index contributed by atoms with van der Waals surface area (Å²) in [5.41, 5.74) is 3.34. The Balaban J connectivity index is 1.33. The van der Waals surface area contributed by atoms with Crippen molar-refractivity contribution in [1.82, 2.24) is 25.2 Å². The maximum absolute atomic E-state index is 11.9. The molecule has 0 aliphatic carbocycles. The predicted octanol–water partition coefficient (Wildman–Crippen LogP) is 2.39. The number of guanidine groups is 1. The molecule has 2 fully saturated rings. The Morgan fingerprint density at radius 1 is 1.12 bits per heavy atom. The van der Waals surface area contributed by atoms with E-state index in [9.17, 15) is 4.79 Å². The van der Waals surface area contributed by atoms with E-state index >= 15 is 0 Å². The van der Waals surface area contributed by atoms with Gasteiger partial charge in [-0.25, -0.2) is 4.99 Å². The number of nitrogens with one attached hydrogen (secondary N) is 1. The number of likely N-dealkylation sites (tertiary alicyclic amines) is 1. The lowest BCUT2D eigenvalue weighted by Gasteiger charge is -2.36. The lowest BCUT2D eigenvalue weighted by Crippen LogP contribution is -2.52. The molecule has 0 radical (unpaired) electrons. The zero-order chi connectivity index (χ0) is 22.3. The SMILES string of the molecule is CCNC(=NCc1cccc(CN2CCCC2=O)c1)N1CCN(Cc2cc(C)on2)CC1. The van der Waals surface area contributed by atoms with Crippen molar-refractivity contribution in [3.63, 3.8) is 0 Å². The van der Waals surface area contributed by atoms with Crippen LogP contribution in [0.2, 0.25) is 0 Å². The van der Waals surface area contributed by atoms with Crippen LogP contribution < -0.4 is 5.32 Å². The smallest absolute Gasteiger partial charge is 0.222 e. The summed E-state index contributed by atoms with van der Waals surface area (Å²) in [6.07, 6.45) is 1.65. The van der Waals surface area contributed by atoms with E-state index in [0.717, 1.165) is 69.6 Å². The lowest BCUT2D eigenvalue weighted by atomic mass is 10.1. The Kier molecular flexibility index (Phi) is 7.42. The standard InChI is InChI=1S/C24H34N6O2/c1-3-25-24(29-12-10-28(11-13-29)18-22-14-19(2)32-27-22)26-16-20-6-4-7-21(15-20)17-30-9-5-8-23(30)31/h4,6-7,14-15H,3,5,8-13,16-18H2,1-2H3,(H,25,26). The first-order chi connectivity index (χ1) is 15.6. The van der Waals surface area contributed by atoms with Crippen molar-refractivity contribution in [2.75, 3.05) is 39.3 Å². The summed E-state index contributed by atoms with van der Waals surface area (Å²) in [5, 5.41) is 7.56. The van der Waals surface area contributed by atoms with E-state index in [1.807, 2.05) is 17.9 Å². The molecule has 2 aliphatic rings. The van der Waals surface area contributed by atoms with E-state index in [4.69, 9.17) is 9.52 Å². The molecule has 0 atom stereocenters. The number of nitrogens with zero attached hydrogens (tertiary/aromatic N) is 5. The molecule has 32 heavy (non-hydrogen) atoms. The Morgan fingerprint density at radius 2 is 1.94 bits per heavy atom. The molecule has 2 aromatic rings. The van der Waals surface area contributed by atoms with Crippen LogP contribution in [0.5, 0.6) is 0 Å². The van der Waals surface area contributed by atoms with Crippen LogP contribution in [-0.4, -0.2) is 71.0 Å². The molecule has 1 amide bonds. The van der Waals surface area contributed by atoms with E-state index < -0.39 is 0 Å². The Bertz CT molecular complexity index is 932. The quantitative estimate of drug-likeness (QED) is 0.528. The second-order valence-corrected chi connectivity index (χ2v) is 8.60.